The van der Waals surface area contributed by atoms with Gasteiger partial charge < -0.3 is 5.32 Å². The fraction of sp³-hybridized carbons (Fsp3) is 0.444. The van der Waals surface area contributed by atoms with Gasteiger partial charge in [0.05, 0.1) is 0 Å². The fourth-order valence-electron chi connectivity index (χ4n) is 3.31. The van der Waals surface area contributed by atoms with Crippen LogP contribution in [-0.2, 0) is 11.8 Å². The summed E-state index contributed by atoms with van der Waals surface area (Å²) in [6.45, 7) is 3.28. The fourth-order valence-corrected chi connectivity index (χ4v) is 4.01. The van der Waals surface area contributed by atoms with E-state index in [4.69, 9.17) is 0 Å². The lowest BCUT2D eigenvalue weighted by Crippen LogP contribution is -2.40. The summed E-state index contributed by atoms with van der Waals surface area (Å²) in [5.74, 6) is 0. The van der Waals surface area contributed by atoms with Crippen molar-refractivity contribution >= 4 is 11.3 Å². The van der Waals surface area contributed by atoms with Gasteiger partial charge in [0.25, 0.3) is 0 Å². The number of nitrogens with one attached hydrogen (secondary N) is 1. The average molecular weight is 285 g/mol. The van der Waals surface area contributed by atoms with Crippen LogP contribution in [0.15, 0.2) is 47.2 Å². The molecule has 1 aliphatic carbocycles. The SMILES string of the molecule is CCNC(CCc1ccsc1)C1(c2ccccc2)CC1. The maximum absolute atomic E-state index is 3.75. The molecule has 106 valence electrons. The summed E-state index contributed by atoms with van der Waals surface area (Å²) in [5, 5.41) is 8.21. The van der Waals surface area contributed by atoms with E-state index in [1.54, 1.807) is 11.3 Å². The predicted molar refractivity (Wildman–Crippen MR) is 87.5 cm³/mol. The molecule has 1 N–H and O–H groups in total. The van der Waals surface area contributed by atoms with E-state index in [0.717, 1.165) is 6.54 Å². The number of aryl methyl sites for hydroxylation is 1. The van der Waals surface area contributed by atoms with Crippen LogP contribution in [0, 0.1) is 0 Å². The molecule has 0 bridgehead atoms. The zero-order valence-corrected chi connectivity index (χ0v) is 13.0. The summed E-state index contributed by atoms with van der Waals surface area (Å²) in [6.07, 6.45) is 5.09. The lowest BCUT2D eigenvalue weighted by atomic mass is 9.85. The Morgan fingerprint density at radius 1 is 1.20 bits per heavy atom. The normalized spacial score (nSPS) is 17.9. The van der Waals surface area contributed by atoms with Gasteiger partial charge in [0.1, 0.15) is 0 Å². The molecule has 1 atom stereocenters. The average Bonchev–Trinajstić information content (AvgIpc) is 3.14. The third-order valence-electron chi connectivity index (χ3n) is 4.56. The van der Waals surface area contributed by atoms with Crippen molar-refractivity contribution in [3.8, 4) is 0 Å². The molecule has 1 unspecified atom stereocenters. The third kappa shape index (κ3) is 2.82. The van der Waals surface area contributed by atoms with E-state index in [-0.39, 0.29) is 0 Å². The zero-order chi connectivity index (χ0) is 13.8. The van der Waals surface area contributed by atoms with Crippen molar-refractivity contribution < 1.29 is 0 Å². The second kappa shape index (κ2) is 6.11. The van der Waals surface area contributed by atoms with E-state index in [0.29, 0.717) is 11.5 Å². The second-order valence-corrected chi connectivity index (χ2v) is 6.58. The molecule has 0 amide bonds. The topological polar surface area (TPSA) is 12.0 Å². The first-order valence-electron chi connectivity index (χ1n) is 7.65. The molecule has 2 heteroatoms. The largest absolute Gasteiger partial charge is 0.313 e. The Morgan fingerprint density at radius 3 is 2.60 bits per heavy atom. The molecule has 1 fully saturated rings. The first-order valence-corrected chi connectivity index (χ1v) is 8.59. The van der Waals surface area contributed by atoms with Crippen molar-refractivity contribution in [2.24, 2.45) is 0 Å². The Labute approximate surface area is 126 Å². The van der Waals surface area contributed by atoms with E-state index < -0.39 is 0 Å². The van der Waals surface area contributed by atoms with Crippen LogP contribution >= 0.6 is 11.3 Å². The molecule has 1 aliphatic rings. The maximum Gasteiger partial charge on any atom is 0.0167 e. The van der Waals surface area contributed by atoms with Gasteiger partial charge in [-0.15, -0.1) is 0 Å². The first kappa shape index (κ1) is 13.8. The van der Waals surface area contributed by atoms with Crippen molar-refractivity contribution in [3.05, 3.63) is 58.3 Å². The lowest BCUT2D eigenvalue weighted by Gasteiger charge is -2.28. The number of rotatable bonds is 7. The summed E-state index contributed by atoms with van der Waals surface area (Å²) < 4.78 is 0. The number of benzene rings is 1. The molecule has 1 heterocycles. The molecule has 1 aromatic carbocycles. The van der Waals surface area contributed by atoms with Gasteiger partial charge in [-0.1, -0.05) is 37.3 Å². The van der Waals surface area contributed by atoms with Gasteiger partial charge in [0, 0.05) is 11.5 Å². The summed E-state index contributed by atoms with van der Waals surface area (Å²) in [5.41, 5.74) is 3.41. The van der Waals surface area contributed by atoms with E-state index >= 15 is 0 Å². The molecule has 2 aromatic rings. The molecule has 0 saturated heterocycles. The highest BCUT2D eigenvalue weighted by atomic mass is 32.1. The van der Waals surface area contributed by atoms with E-state index in [2.05, 4.69) is 59.4 Å². The van der Waals surface area contributed by atoms with Gasteiger partial charge in [-0.05, 0) is 60.2 Å². The Morgan fingerprint density at radius 2 is 2.00 bits per heavy atom. The Bertz CT molecular complexity index is 514. The summed E-state index contributed by atoms with van der Waals surface area (Å²) >= 11 is 1.80. The molecule has 0 radical (unpaired) electrons. The van der Waals surface area contributed by atoms with Gasteiger partial charge in [-0.25, -0.2) is 0 Å². The highest BCUT2D eigenvalue weighted by Crippen LogP contribution is 2.51. The summed E-state index contributed by atoms with van der Waals surface area (Å²) in [7, 11) is 0. The molecule has 20 heavy (non-hydrogen) atoms. The van der Waals surface area contributed by atoms with Crippen LogP contribution in [0.5, 0.6) is 0 Å². The Balaban J connectivity index is 1.73. The number of likely N-dealkylation sites (N-methyl/N-ethyl adjacent to an activating group) is 1. The molecule has 0 spiro atoms. The van der Waals surface area contributed by atoms with Crippen LogP contribution in [0.2, 0.25) is 0 Å². The number of thiophene rings is 1. The van der Waals surface area contributed by atoms with E-state index in [9.17, 15) is 0 Å². The standard InChI is InChI=1S/C18H23NS/c1-2-19-17(9-8-15-10-13-20-14-15)18(11-12-18)16-6-4-3-5-7-16/h3-7,10,13-14,17,19H,2,8-9,11-12H2,1H3. The molecule has 0 aliphatic heterocycles. The van der Waals surface area contributed by atoms with Crippen molar-refractivity contribution in [1.29, 1.82) is 0 Å². The van der Waals surface area contributed by atoms with Crippen LogP contribution in [0.3, 0.4) is 0 Å². The summed E-state index contributed by atoms with van der Waals surface area (Å²) in [6, 6.07) is 14.0. The monoisotopic (exact) mass is 285 g/mol. The summed E-state index contributed by atoms with van der Waals surface area (Å²) in [4.78, 5) is 0. The minimum atomic E-state index is 0.396. The predicted octanol–water partition coefficient (Wildman–Crippen LogP) is 4.39. The smallest absolute Gasteiger partial charge is 0.0167 e. The number of hydrogen-bond acceptors (Lipinski definition) is 2. The third-order valence-corrected chi connectivity index (χ3v) is 5.29. The molecule has 3 rings (SSSR count). The molecular formula is C18H23NS. The van der Waals surface area contributed by atoms with Crippen LogP contribution < -0.4 is 5.32 Å². The highest BCUT2D eigenvalue weighted by Gasteiger charge is 2.49. The quantitative estimate of drug-likeness (QED) is 0.795. The van der Waals surface area contributed by atoms with Gasteiger partial charge >= 0.3 is 0 Å². The molecular weight excluding hydrogens is 262 g/mol. The number of hydrogen-bond donors (Lipinski definition) is 1. The highest BCUT2D eigenvalue weighted by molar-refractivity contribution is 7.07. The van der Waals surface area contributed by atoms with Gasteiger partial charge in [-0.2, -0.15) is 11.3 Å². The van der Waals surface area contributed by atoms with E-state index in [1.807, 2.05) is 0 Å². The van der Waals surface area contributed by atoms with Crippen LogP contribution in [-0.4, -0.2) is 12.6 Å². The van der Waals surface area contributed by atoms with Crippen molar-refractivity contribution in [2.45, 2.75) is 44.1 Å². The molecule has 1 saturated carbocycles. The molecule has 1 aromatic heterocycles. The van der Waals surface area contributed by atoms with Gasteiger partial charge in [0.2, 0.25) is 0 Å². The lowest BCUT2D eigenvalue weighted by molar-refractivity contribution is 0.400. The van der Waals surface area contributed by atoms with Crippen molar-refractivity contribution in [3.63, 3.8) is 0 Å². The Kier molecular flexibility index (Phi) is 4.23. The van der Waals surface area contributed by atoms with Crippen LogP contribution in [0.1, 0.15) is 37.3 Å². The van der Waals surface area contributed by atoms with E-state index in [1.165, 1.54) is 36.8 Å². The van der Waals surface area contributed by atoms with Gasteiger partial charge in [0.15, 0.2) is 0 Å². The van der Waals surface area contributed by atoms with Crippen LogP contribution in [0.4, 0.5) is 0 Å². The second-order valence-electron chi connectivity index (χ2n) is 5.80. The maximum atomic E-state index is 3.75. The van der Waals surface area contributed by atoms with Crippen LogP contribution in [0.25, 0.3) is 0 Å². The zero-order valence-electron chi connectivity index (χ0n) is 12.1. The van der Waals surface area contributed by atoms with Crippen molar-refractivity contribution in [1.82, 2.24) is 5.32 Å². The first-order chi connectivity index (χ1) is 9.85. The molecule has 1 nitrogen and oxygen atoms in total. The minimum Gasteiger partial charge on any atom is -0.313 e. The Hall–Kier alpha value is -1.12. The van der Waals surface area contributed by atoms with Crippen molar-refractivity contribution in [2.75, 3.05) is 6.54 Å². The minimum absolute atomic E-state index is 0.396. The van der Waals surface area contributed by atoms with Gasteiger partial charge in [-0.3, -0.25) is 0 Å².